The minimum atomic E-state index is -3.56. The largest absolute Gasteiger partial charge is 0.495 e. The van der Waals surface area contributed by atoms with E-state index < -0.39 is 15.1 Å². The predicted molar refractivity (Wildman–Crippen MR) is 139 cm³/mol. The molecular formula is C24H28ClN5O5S. The number of nitrogens with zero attached hydrogens (tertiary/aromatic N) is 2. The van der Waals surface area contributed by atoms with E-state index >= 15 is 0 Å². The number of carbonyl (C=O) groups excluding carboxylic acids is 1. The first-order valence-corrected chi connectivity index (χ1v) is 13.0. The third-order valence-corrected chi connectivity index (χ3v) is 7.61. The number of nitrogens with one attached hydrogen (secondary N) is 3. The molecule has 0 spiro atoms. The number of carbonyl (C=O) groups is 1. The molecular weight excluding hydrogens is 506 g/mol. The molecule has 3 rings (SSSR count). The highest BCUT2D eigenvalue weighted by Crippen LogP contribution is 2.32. The quantitative estimate of drug-likeness (QED) is 0.291. The number of aliphatic hydroxyl groups excluding tert-OH is 1. The Morgan fingerprint density at radius 1 is 1.14 bits per heavy atom. The summed E-state index contributed by atoms with van der Waals surface area (Å²) >= 11 is 6.31. The van der Waals surface area contributed by atoms with Gasteiger partial charge in [0, 0.05) is 6.54 Å². The van der Waals surface area contributed by atoms with E-state index in [1.54, 1.807) is 50.2 Å². The van der Waals surface area contributed by atoms with E-state index in [-0.39, 0.29) is 47.2 Å². The van der Waals surface area contributed by atoms with Crippen LogP contribution in [0.15, 0.2) is 53.6 Å². The van der Waals surface area contributed by atoms with E-state index in [2.05, 4.69) is 25.9 Å². The first kappa shape index (κ1) is 27.2. The summed E-state index contributed by atoms with van der Waals surface area (Å²) in [6.07, 6.45) is 1.49. The maximum absolute atomic E-state index is 12.8. The zero-order chi connectivity index (χ0) is 26.3. The van der Waals surface area contributed by atoms with Gasteiger partial charge in [0.15, 0.2) is 15.7 Å². The zero-order valence-electron chi connectivity index (χ0n) is 20.1. The van der Waals surface area contributed by atoms with Gasteiger partial charge in [-0.15, -0.1) is 0 Å². The molecule has 36 heavy (non-hydrogen) atoms. The lowest BCUT2D eigenvalue weighted by Crippen LogP contribution is -2.27. The highest BCUT2D eigenvalue weighted by molar-refractivity contribution is 7.92. The van der Waals surface area contributed by atoms with Gasteiger partial charge in [-0.25, -0.2) is 13.4 Å². The number of hydrogen-bond acceptors (Lipinski definition) is 9. The van der Waals surface area contributed by atoms with Crippen molar-refractivity contribution in [2.45, 2.75) is 30.4 Å². The van der Waals surface area contributed by atoms with Crippen LogP contribution in [0.25, 0.3) is 0 Å². The van der Waals surface area contributed by atoms with Crippen molar-refractivity contribution in [2.75, 3.05) is 30.9 Å². The number of halogens is 1. The van der Waals surface area contributed by atoms with E-state index in [0.29, 0.717) is 22.7 Å². The van der Waals surface area contributed by atoms with E-state index in [0.717, 1.165) is 0 Å². The molecule has 3 aromatic rings. The van der Waals surface area contributed by atoms with Gasteiger partial charge in [0.25, 0.3) is 0 Å². The lowest BCUT2D eigenvalue weighted by atomic mass is 10.1. The molecule has 0 atom stereocenters. The average Bonchev–Trinajstić information content (AvgIpc) is 2.85. The number of benzene rings is 2. The summed E-state index contributed by atoms with van der Waals surface area (Å²) in [5, 5.41) is 17.1. The Labute approximate surface area is 215 Å². The van der Waals surface area contributed by atoms with Crippen LogP contribution in [0.5, 0.6) is 5.75 Å². The van der Waals surface area contributed by atoms with E-state index in [9.17, 15) is 13.2 Å². The fourth-order valence-electron chi connectivity index (χ4n) is 3.24. The fraction of sp³-hybridized carbons (Fsp3) is 0.292. The second-order valence-electron chi connectivity index (χ2n) is 8.02. The maximum atomic E-state index is 12.8. The molecule has 1 aromatic heterocycles. The molecule has 4 N–H and O–H groups in total. The number of anilines is 4. The van der Waals surface area contributed by atoms with Gasteiger partial charge in [0.1, 0.15) is 10.8 Å². The molecule has 10 nitrogen and oxygen atoms in total. The molecule has 0 aliphatic carbocycles. The lowest BCUT2D eigenvalue weighted by Gasteiger charge is -2.16. The van der Waals surface area contributed by atoms with Gasteiger partial charge in [0.05, 0.1) is 47.9 Å². The SMILES string of the molecule is COc1ccc(CC(=O)NCCO)cc1Nc1ncc(Cl)c(Nc2ccccc2S(=O)(=O)C(C)C)n1. The summed E-state index contributed by atoms with van der Waals surface area (Å²) in [5.74, 6) is 0.644. The Hall–Kier alpha value is -3.41. The normalized spacial score (nSPS) is 11.3. The number of sulfone groups is 1. The average molecular weight is 534 g/mol. The Kier molecular flexibility index (Phi) is 9.08. The van der Waals surface area contributed by atoms with Crippen molar-refractivity contribution in [1.82, 2.24) is 15.3 Å². The van der Waals surface area contributed by atoms with E-state index in [1.165, 1.54) is 19.4 Å². The number of aromatic nitrogens is 2. The molecule has 0 radical (unpaired) electrons. The fourth-order valence-corrected chi connectivity index (χ4v) is 4.58. The van der Waals surface area contributed by atoms with Crippen LogP contribution in [-0.4, -0.2) is 54.9 Å². The first-order chi connectivity index (χ1) is 17.1. The van der Waals surface area contributed by atoms with E-state index in [1.807, 2.05) is 0 Å². The number of para-hydroxylation sites is 1. The van der Waals surface area contributed by atoms with Crippen molar-refractivity contribution in [3.63, 3.8) is 0 Å². The van der Waals surface area contributed by atoms with Crippen molar-refractivity contribution in [1.29, 1.82) is 0 Å². The second-order valence-corrected chi connectivity index (χ2v) is 10.9. The summed E-state index contributed by atoms with van der Waals surface area (Å²) in [5.41, 5.74) is 1.56. The molecule has 0 saturated carbocycles. The third kappa shape index (κ3) is 6.62. The van der Waals surface area contributed by atoms with Crippen LogP contribution >= 0.6 is 11.6 Å². The van der Waals surface area contributed by atoms with Crippen LogP contribution in [-0.2, 0) is 21.1 Å². The van der Waals surface area contributed by atoms with Gasteiger partial charge in [-0.3, -0.25) is 4.79 Å². The van der Waals surface area contributed by atoms with Gasteiger partial charge < -0.3 is 25.8 Å². The summed E-state index contributed by atoms with van der Waals surface area (Å²) in [6.45, 7) is 3.27. The number of rotatable bonds is 11. The molecule has 0 aliphatic heterocycles. The first-order valence-electron chi connectivity index (χ1n) is 11.1. The molecule has 12 heteroatoms. The Balaban J connectivity index is 1.89. The summed E-state index contributed by atoms with van der Waals surface area (Å²) < 4.78 is 31.0. The van der Waals surface area contributed by atoms with Crippen LogP contribution in [0.4, 0.5) is 23.1 Å². The van der Waals surface area contributed by atoms with Crippen molar-refractivity contribution in [3.8, 4) is 5.75 Å². The molecule has 0 fully saturated rings. The van der Waals surface area contributed by atoms with Crippen molar-refractivity contribution < 1.29 is 23.1 Å². The van der Waals surface area contributed by atoms with Gasteiger partial charge in [-0.1, -0.05) is 29.8 Å². The van der Waals surface area contributed by atoms with Crippen LogP contribution in [0.1, 0.15) is 19.4 Å². The molecule has 0 saturated heterocycles. The Bertz CT molecular complexity index is 1330. The monoisotopic (exact) mass is 533 g/mol. The Morgan fingerprint density at radius 3 is 2.58 bits per heavy atom. The third-order valence-electron chi connectivity index (χ3n) is 5.12. The van der Waals surface area contributed by atoms with Crippen LogP contribution < -0.4 is 20.7 Å². The summed E-state index contributed by atoms with van der Waals surface area (Å²) in [4.78, 5) is 20.8. The minimum Gasteiger partial charge on any atom is -0.495 e. The van der Waals surface area contributed by atoms with Crippen LogP contribution in [0.2, 0.25) is 5.02 Å². The van der Waals surface area contributed by atoms with Gasteiger partial charge in [-0.05, 0) is 43.7 Å². The second kappa shape index (κ2) is 12.0. The van der Waals surface area contributed by atoms with E-state index in [4.69, 9.17) is 21.4 Å². The molecule has 1 amide bonds. The van der Waals surface area contributed by atoms with Crippen molar-refractivity contribution in [2.24, 2.45) is 0 Å². The molecule has 0 bridgehead atoms. The summed E-state index contributed by atoms with van der Waals surface area (Å²) in [7, 11) is -2.05. The van der Waals surface area contributed by atoms with Gasteiger partial charge in [-0.2, -0.15) is 4.98 Å². The van der Waals surface area contributed by atoms with Crippen LogP contribution in [0, 0.1) is 0 Å². The van der Waals surface area contributed by atoms with Crippen LogP contribution in [0.3, 0.4) is 0 Å². The van der Waals surface area contributed by atoms with Gasteiger partial charge >= 0.3 is 0 Å². The lowest BCUT2D eigenvalue weighted by molar-refractivity contribution is -0.120. The topological polar surface area (TPSA) is 143 Å². The maximum Gasteiger partial charge on any atom is 0.229 e. The smallest absolute Gasteiger partial charge is 0.229 e. The zero-order valence-corrected chi connectivity index (χ0v) is 21.7. The van der Waals surface area contributed by atoms with Gasteiger partial charge in [0.2, 0.25) is 11.9 Å². The minimum absolute atomic E-state index is 0.105. The number of aliphatic hydroxyl groups is 1. The number of methoxy groups -OCH3 is 1. The standard InChI is InChI=1S/C24H28ClN5O5S/c1-15(2)36(33,34)21-7-5-4-6-18(21)28-23-17(25)14-27-24(30-23)29-19-12-16(8-9-20(19)35-3)13-22(32)26-10-11-31/h4-9,12,14-15,31H,10-11,13H2,1-3H3,(H,26,32)(H2,27,28,29,30). The molecule has 192 valence electrons. The molecule has 1 heterocycles. The van der Waals surface area contributed by atoms with Crippen molar-refractivity contribution >= 4 is 50.5 Å². The Morgan fingerprint density at radius 2 is 1.89 bits per heavy atom. The molecule has 0 aliphatic rings. The molecule has 0 unspecified atom stereocenters. The summed E-state index contributed by atoms with van der Waals surface area (Å²) in [6, 6.07) is 11.7. The highest BCUT2D eigenvalue weighted by atomic mass is 35.5. The number of amides is 1. The predicted octanol–water partition coefficient (Wildman–Crippen LogP) is 3.46. The van der Waals surface area contributed by atoms with Crippen molar-refractivity contribution in [3.05, 3.63) is 59.2 Å². The number of hydrogen-bond donors (Lipinski definition) is 4. The molecule has 2 aromatic carbocycles. The number of ether oxygens (including phenoxy) is 1. The highest BCUT2D eigenvalue weighted by Gasteiger charge is 2.23.